The third-order valence-corrected chi connectivity index (χ3v) is 3.83. The zero-order valence-corrected chi connectivity index (χ0v) is 12.5. The zero-order chi connectivity index (χ0) is 14.7. The number of Topliss-reactive ketones (excluding diaryl/α,β-unsaturated/α-hetero) is 1. The Balaban J connectivity index is 2.31. The van der Waals surface area contributed by atoms with Gasteiger partial charge in [-0.25, -0.2) is 0 Å². The Kier molecular flexibility index (Phi) is 4.62. The second-order valence-electron chi connectivity index (χ2n) is 5.19. The van der Waals surface area contributed by atoms with E-state index in [0.717, 1.165) is 19.6 Å². The molecule has 20 heavy (non-hydrogen) atoms. The van der Waals surface area contributed by atoms with Crippen molar-refractivity contribution >= 4 is 5.78 Å². The summed E-state index contributed by atoms with van der Waals surface area (Å²) in [7, 11) is 7.20. The normalized spacial score (nSPS) is 20.7. The van der Waals surface area contributed by atoms with Gasteiger partial charge in [0.05, 0.1) is 25.8 Å². The monoisotopic (exact) mass is 278 g/mol. The van der Waals surface area contributed by atoms with Crippen LogP contribution in [-0.4, -0.2) is 69.6 Å². The second kappa shape index (κ2) is 6.24. The van der Waals surface area contributed by atoms with Gasteiger partial charge in [0.25, 0.3) is 0 Å². The quantitative estimate of drug-likeness (QED) is 0.772. The maximum absolute atomic E-state index is 12.8. The van der Waals surface area contributed by atoms with Gasteiger partial charge in [-0.15, -0.1) is 0 Å². The van der Waals surface area contributed by atoms with Crippen LogP contribution in [-0.2, 0) is 0 Å². The Morgan fingerprint density at radius 2 is 1.95 bits per heavy atom. The SMILES string of the molecule is COc1ccc(OC)c(C(=O)C2CN(C)CCN2C)c1. The van der Waals surface area contributed by atoms with Crippen molar-refractivity contribution in [2.45, 2.75) is 6.04 Å². The molecule has 1 saturated heterocycles. The van der Waals surface area contributed by atoms with E-state index in [-0.39, 0.29) is 11.8 Å². The minimum Gasteiger partial charge on any atom is -0.497 e. The third-order valence-electron chi connectivity index (χ3n) is 3.83. The van der Waals surface area contributed by atoms with Crippen LogP contribution in [0.4, 0.5) is 0 Å². The van der Waals surface area contributed by atoms with Crippen molar-refractivity contribution in [3.63, 3.8) is 0 Å². The number of ketones is 1. The Morgan fingerprint density at radius 1 is 1.20 bits per heavy atom. The predicted octanol–water partition coefficient (Wildman–Crippen LogP) is 1.13. The highest BCUT2D eigenvalue weighted by Gasteiger charge is 2.30. The molecule has 0 aromatic heterocycles. The standard InChI is InChI=1S/C15H22N2O3/c1-16-7-8-17(2)13(10-16)15(18)12-9-11(19-3)5-6-14(12)20-4/h5-6,9,13H,7-8,10H2,1-4H3. The lowest BCUT2D eigenvalue weighted by Gasteiger charge is -2.36. The fraction of sp³-hybridized carbons (Fsp3) is 0.533. The number of hydrogen-bond acceptors (Lipinski definition) is 5. The molecule has 5 nitrogen and oxygen atoms in total. The van der Waals surface area contributed by atoms with Gasteiger partial charge in [0.1, 0.15) is 11.5 Å². The number of likely N-dealkylation sites (N-methyl/N-ethyl adjacent to an activating group) is 2. The molecule has 1 atom stereocenters. The number of rotatable bonds is 4. The van der Waals surface area contributed by atoms with Crippen molar-refractivity contribution < 1.29 is 14.3 Å². The maximum atomic E-state index is 12.8. The highest BCUT2D eigenvalue weighted by atomic mass is 16.5. The summed E-state index contributed by atoms with van der Waals surface area (Å²) in [4.78, 5) is 17.1. The number of benzene rings is 1. The van der Waals surface area contributed by atoms with Crippen LogP contribution in [0.15, 0.2) is 18.2 Å². The number of methoxy groups -OCH3 is 2. The molecular formula is C15H22N2O3. The van der Waals surface area contributed by atoms with Gasteiger partial charge in [-0.05, 0) is 32.3 Å². The fourth-order valence-electron chi connectivity index (χ4n) is 2.48. The Labute approximate surface area is 120 Å². The topological polar surface area (TPSA) is 42.0 Å². The van der Waals surface area contributed by atoms with Crippen molar-refractivity contribution in [2.75, 3.05) is 47.9 Å². The molecule has 5 heteroatoms. The van der Waals surface area contributed by atoms with E-state index < -0.39 is 0 Å². The van der Waals surface area contributed by atoms with Gasteiger partial charge < -0.3 is 14.4 Å². The number of nitrogens with zero attached hydrogens (tertiary/aromatic N) is 2. The maximum Gasteiger partial charge on any atom is 0.185 e. The van der Waals surface area contributed by atoms with Gasteiger partial charge in [0.2, 0.25) is 0 Å². The number of carbonyl (C=O) groups excluding carboxylic acids is 1. The summed E-state index contributed by atoms with van der Waals surface area (Å²) in [5.74, 6) is 1.34. The molecule has 1 heterocycles. The first kappa shape index (κ1) is 14.8. The molecule has 1 aliphatic heterocycles. The van der Waals surface area contributed by atoms with E-state index >= 15 is 0 Å². The van der Waals surface area contributed by atoms with Crippen LogP contribution in [0.1, 0.15) is 10.4 Å². The molecule has 110 valence electrons. The zero-order valence-electron chi connectivity index (χ0n) is 12.5. The number of ether oxygens (including phenoxy) is 2. The van der Waals surface area contributed by atoms with Crippen LogP contribution < -0.4 is 9.47 Å². The van der Waals surface area contributed by atoms with E-state index in [1.807, 2.05) is 14.1 Å². The smallest absolute Gasteiger partial charge is 0.185 e. The predicted molar refractivity (Wildman–Crippen MR) is 77.8 cm³/mol. The number of carbonyl (C=O) groups is 1. The minimum atomic E-state index is -0.144. The van der Waals surface area contributed by atoms with Crippen molar-refractivity contribution in [3.8, 4) is 11.5 Å². The number of hydrogen-bond donors (Lipinski definition) is 0. The van der Waals surface area contributed by atoms with E-state index in [2.05, 4.69) is 9.80 Å². The molecule has 1 fully saturated rings. The number of piperazine rings is 1. The molecule has 2 rings (SSSR count). The van der Waals surface area contributed by atoms with E-state index in [1.165, 1.54) is 0 Å². The molecule has 0 bridgehead atoms. The Bertz CT molecular complexity index is 490. The van der Waals surface area contributed by atoms with E-state index in [9.17, 15) is 4.79 Å². The first-order valence-electron chi connectivity index (χ1n) is 6.72. The molecule has 0 N–H and O–H groups in total. The molecule has 0 saturated carbocycles. The molecule has 0 aliphatic carbocycles. The van der Waals surface area contributed by atoms with Crippen molar-refractivity contribution in [3.05, 3.63) is 23.8 Å². The van der Waals surface area contributed by atoms with Gasteiger partial charge in [0, 0.05) is 19.6 Å². The summed E-state index contributed by atoms with van der Waals surface area (Å²) < 4.78 is 10.5. The van der Waals surface area contributed by atoms with E-state index in [0.29, 0.717) is 17.1 Å². The van der Waals surface area contributed by atoms with Crippen molar-refractivity contribution in [1.82, 2.24) is 9.80 Å². The van der Waals surface area contributed by atoms with Crippen molar-refractivity contribution in [1.29, 1.82) is 0 Å². The van der Waals surface area contributed by atoms with Gasteiger partial charge in [-0.3, -0.25) is 9.69 Å². The summed E-state index contributed by atoms with van der Waals surface area (Å²) in [6.07, 6.45) is 0. The summed E-state index contributed by atoms with van der Waals surface area (Å²) in [5.41, 5.74) is 0.582. The Hall–Kier alpha value is -1.59. The van der Waals surface area contributed by atoms with Gasteiger partial charge in [-0.2, -0.15) is 0 Å². The molecular weight excluding hydrogens is 256 g/mol. The van der Waals surface area contributed by atoms with Crippen LogP contribution in [0, 0.1) is 0 Å². The molecule has 1 aromatic rings. The lowest BCUT2D eigenvalue weighted by Crippen LogP contribution is -2.53. The first-order valence-corrected chi connectivity index (χ1v) is 6.72. The van der Waals surface area contributed by atoms with Crippen LogP contribution >= 0.6 is 0 Å². The highest BCUT2D eigenvalue weighted by molar-refractivity contribution is 6.03. The molecule has 0 amide bonds. The van der Waals surface area contributed by atoms with Gasteiger partial charge >= 0.3 is 0 Å². The van der Waals surface area contributed by atoms with Crippen LogP contribution in [0.5, 0.6) is 11.5 Å². The lowest BCUT2D eigenvalue weighted by molar-refractivity contribution is 0.0683. The average molecular weight is 278 g/mol. The van der Waals surface area contributed by atoms with E-state index in [1.54, 1.807) is 32.4 Å². The minimum absolute atomic E-state index is 0.0785. The molecule has 1 unspecified atom stereocenters. The second-order valence-corrected chi connectivity index (χ2v) is 5.19. The van der Waals surface area contributed by atoms with Crippen LogP contribution in [0.2, 0.25) is 0 Å². The highest BCUT2D eigenvalue weighted by Crippen LogP contribution is 2.26. The molecule has 1 aliphatic rings. The van der Waals surface area contributed by atoms with Gasteiger partial charge in [-0.1, -0.05) is 0 Å². The fourth-order valence-corrected chi connectivity index (χ4v) is 2.48. The van der Waals surface area contributed by atoms with Gasteiger partial charge in [0.15, 0.2) is 5.78 Å². The molecule has 0 radical (unpaired) electrons. The van der Waals surface area contributed by atoms with E-state index in [4.69, 9.17) is 9.47 Å². The summed E-state index contributed by atoms with van der Waals surface area (Å²) in [6, 6.07) is 5.18. The summed E-state index contributed by atoms with van der Waals surface area (Å²) in [5, 5.41) is 0. The van der Waals surface area contributed by atoms with Crippen LogP contribution in [0.25, 0.3) is 0 Å². The summed E-state index contributed by atoms with van der Waals surface area (Å²) in [6.45, 7) is 2.60. The molecule has 1 aromatic carbocycles. The van der Waals surface area contributed by atoms with Crippen molar-refractivity contribution in [2.24, 2.45) is 0 Å². The Morgan fingerprint density at radius 3 is 2.60 bits per heavy atom. The molecule has 0 spiro atoms. The summed E-state index contributed by atoms with van der Waals surface area (Å²) >= 11 is 0. The average Bonchev–Trinajstić information content (AvgIpc) is 2.48. The first-order chi connectivity index (χ1) is 9.56. The largest absolute Gasteiger partial charge is 0.497 e. The lowest BCUT2D eigenvalue weighted by atomic mass is 10.00. The van der Waals surface area contributed by atoms with Crippen LogP contribution in [0.3, 0.4) is 0 Å². The third kappa shape index (κ3) is 2.94.